The first kappa shape index (κ1) is 23.5. The third-order valence-electron chi connectivity index (χ3n) is 5.50. The quantitative estimate of drug-likeness (QED) is 0.496. The second-order valence-electron chi connectivity index (χ2n) is 8.34. The van der Waals surface area contributed by atoms with Gasteiger partial charge in [-0.3, -0.25) is 14.4 Å². The van der Waals surface area contributed by atoms with Gasteiger partial charge in [-0.1, -0.05) is 17.7 Å². The van der Waals surface area contributed by atoms with Crippen molar-refractivity contribution in [2.75, 3.05) is 23.3 Å². The van der Waals surface area contributed by atoms with E-state index in [0.29, 0.717) is 16.8 Å². The maximum atomic E-state index is 13.1. The van der Waals surface area contributed by atoms with Crippen LogP contribution in [0.2, 0.25) is 0 Å². The smallest absolute Gasteiger partial charge is 0.338 e. The lowest BCUT2D eigenvalue weighted by Crippen LogP contribution is -2.32. The number of carbonyl (C=O) groups excluding carboxylic acids is 4. The van der Waals surface area contributed by atoms with Crippen molar-refractivity contribution in [3.8, 4) is 0 Å². The van der Waals surface area contributed by atoms with Crippen LogP contribution in [0.5, 0.6) is 0 Å². The number of hydrogen-bond acceptors (Lipinski definition) is 6. The minimum atomic E-state index is -0.684. The van der Waals surface area contributed by atoms with Crippen LogP contribution in [0.25, 0.3) is 0 Å². The van der Waals surface area contributed by atoms with Crippen LogP contribution in [0, 0.1) is 0 Å². The predicted octanol–water partition coefficient (Wildman–Crippen LogP) is 3.92. The number of amides is 3. The van der Waals surface area contributed by atoms with Crippen LogP contribution in [-0.2, 0) is 14.3 Å². The van der Waals surface area contributed by atoms with Crippen LogP contribution < -0.4 is 10.2 Å². The number of nitrogens with zero attached hydrogens (tertiary/aromatic N) is 2. The predicted molar refractivity (Wildman–Crippen MR) is 128 cm³/mol. The second kappa shape index (κ2) is 9.69. The molecule has 34 heavy (non-hydrogen) atoms. The molecule has 9 heteroatoms. The van der Waals surface area contributed by atoms with Crippen LogP contribution in [0.4, 0.5) is 11.4 Å². The van der Waals surface area contributed by atoms with Crippen molar-refractivity contribution in [3.63, 3.8) is 0 Å². The van der Waals surface area contributed by atoms with E-state index in [1.54, 1.807) is 43.0 Å². The Bertz CT molecular complexity index is 1180. The fourth-order valence-corrected chi connectivity index (χ4v) is 4.06. The summed E-state index contributed by atoms with van der Waals surface area (Å²) in [6.45, 7) is 4.94. The van der Waals surface area contributed by atoms with Gasteiger partial charge in [-0.25, -0.2) is 9.69 Å². The zero-order valence-corrected chi connectivity index (χ0v) is 19.6. The molecule has 0 aliphatic carbocycles. The van der Waals surface area contributed by atoms with Gasteiger partial charge in [-0.15, -0.1) is 0 Å². The summed E-state index contributed by atoms with van der Waals surface area (Å²) < 4.78 is 5.15. The maximum Gasteiger partial charge on any atom is 0.338 e. The van der Waals surface area contributed by atoms with E-state index in [4.69, 9.17) is 16.3 Å². The highest BCUT2D eigenvalue weighted by Crippen LogP contribution is 2.30. The summed E-state index contributed by atoms with van der Waals surface area (Å²) in [5.41, 5.74) is 1.44. The average Bonchev–Trinajstić information content (AvgIpc) is 3.42. The van der Waals surface area contributed by atoms with E-state index in [-0.39, 0.29) is 28.4 Å². The van der Waals surface area contributed by atoms with Crippen LogP contribution >= 0.6 is 11.6 Å². The number of imide groups is 1. The molecule has 2 aliphatic rings. The van der Waals surface area contributed by atoms with E-state index in [1.165, 1.54) is 24.3 Å². The van der Waals surface area contributed by atoms with Gasteiger partial charge in [0, 0.05) is 24.3 Å². The van der Waals surface area contributed by atoms with Crippen LogP contribution in [0.3, 0.4) is 0 Å². The van der Waals surface area contributed by atoms with Gasteiger partial charge in [0.2, 0.25) is 0 Å². The van der Waals surface area contributed by atoms with Gasteiger partial charge in [-0.2, -0.15) is 0 Å². The van der Waals surface area contributed by atoms with Crippen LogP contribution in [0.1, 0.15) is 47.4 Å². The van der Waals surface area contributed by atoms with Crippen molar-refractivity contribution in [2.45, 2.75) is 32.8 Å². The Balaban J connectivity index is 1.51. The largest absolute Gasteiger partial charge is 0.459 e. The van der Waals surface area contributed by atoms with E-state index in [2.05, 4.69) is 5.32 Å². The first-order chi connectivity index (χ1) is 16.3. The molecule has 1 N–H and O–H groups in total. The molecule has 3 amide bonds. The molecule has 0 spiro atoms. The zero-order valence-electron chi connectivity index (χ0n) is 18.8. The van der Waals surface area contributed by atoms with Crippen LogP contribution in [-0.4, -0.2) is 47.8 Å². The number of rotatable bonds is 6. The van der Waals surface area contributed by atoms with Crippen molar-refractivity contribution < 1.29 is 23.9 Å². The first-order valence-corrected chi connectivity index (χ1v) is 11.4. The summed E-state index contributed by atoms with van der Waals surface area (Å²) >= 11 is 6.22. The number of esters is 1. The summed E-state index contributed by atoms with van der Waals surface area (Å²) in [6, 6.07) is 12.7. The van der Waals surface area contributed by atoms with Gasteiger partial charge < -0.3 is 15.0 Å². The molecule has 0 bridgehead atoms. The van der Waals surface area contributed by atoms with E-state index in [1.807, 2.05) is 0 Å². The number of anilines is 2. The summed E-state index contributed by atoms with van der Waals surface area (Å²) in [4.78, 5) is 53.3. The molecule has 8 nitrogen and oxygen atoms in total. The third kappa shape index (κ3) is 4.68. The molecule has 0 atom stereocenters. The molecule has 2 aromatic carbocycles. The number of carbonyl (C=O) groups is 4. The number of nitrogens with one attached hydrogen (secondary N) is 1. The molecule has 2 heterocycles. The molecular weight excluding hydrogens is 458 g/mol. The lowest BCUT2D eigenvalue weighted by atomic mass is 10.1. The molecule has 2 aliphatic heterocycles. The van der Waals surface area contributed by atoms with Gasteiger partial charge in [-0.05, 0) is 69.2 Å². The number of benzene rings is 2. The summed E-state index contributed by atoms with van der Waals surface area (Å²) in [5.74, 6) is -1.89. The van der Waals surface area contributed by atoms with Gasteiger partial charge in [0.1, 0.15) is 10.7 Å². The minimum Gasteiger partial charge on any atom is -0.459 e. The van der Waals surface area contributed by atoms with E-state index >= 15 is 0 Å². The van der Waals surface area contributed by atoms with Gasteiger partial charge in [0.15, 0.2) is 0 Å². The Morgan fingerprint density at radius 3 is 2.29 bits per heavy atom. The molecule has 2 aromatic rings. The van der Waals surface area contributed by atoms with Gasteiger partial charge in [0.05, 0.1) is 17.4 Å². The Hall–Kier alpha value is -3.65. The molecule has 0 radical (unpaired) electrons. The first-order valence-electron chi connectivity index (χ1n) is 11.0. The summed E-state index contributed by atoms with van der Waals surface area (Å²) in [6.07, 6.45) is 1.70. The van der Waals surface area contributed by atoms with Crippen molar-refractivity contribution in [1.82, 2.24) is 4.90 Å². The Kier molecular flexibility index (Phi) is 6.70. The lowest BCUT2D eigenvalue weighted by molar-refractivity contribution is -0.120. The highest BCUT2D eigenvalue weighted by atomic mass is 35.5. The number of hydrogen-bond donors (Lipinski definition) is 1. The lowest BCUT2D eigenvalue weighted by Gasteiger charge is -2.17. The average molecular weight is 482 g/mol. The van der Waals surface area contributed by atoms with E-state index < -0.39 is 17.8 Å². The third-order valence-corrected chi connectivity index (χ3v) is 5.85. The molecule has 0 saturated carbocycles. The van der Waals surface area contributed by atoms with Crippen molar-refractivity contribution >= 4 is 46.7 Å². The molecule has 1 fully saturated rings. The molecule has 0 aromatic heterocycles. The monoisotopic (exact) mass is 481 g/mol. The minimum absolute atomic E-state index is 0.0761. The molecule has 0 unspecified atom stereocenters. The molecule has 4 rings (SSSR count). The standard InChI is InChI=1S/C25H24ClN3O5/c1-15(2)34-25(33)16-8-10-19(11-9-16)29-23(31)20(26)21(24(29)32)27-18-7-5-6-17(14-18)22(30)28-12-3-4-13-28/h5-11,14-15,27H,3-4,12-13H2,1-2H3. The maximum absolute atomic E-state index is 13.1. The number of likely N-dealkylation sites (tertiary alicyclic amines) is 1. The van der Waals surface area contributed by atoms with Crippen molar-refractivity contribution in [3.05, 3.63) is 70.4 Å². The molecular formula is C25H24ClN3O5. The fourth-order valence-electron chi connectivity index (χ4n) is 3.85. The van der Waals surface area contributed by atoms with Crippen molar-refractivity contribution in [1.29, 1.82) is 0 Å². The Labute approximate surface area is 202 Å². The summed E-state index contributed by atoms with van der Waals surface area (Å²) in [7, 11) is 0. The Morgan fingerprint density at radius 1 is 0.971 bits per heavy atom. The second-order valence-corrected chi connectivity index (χ2v) is 8.72. The Morgan fingerprint density at radius 2 is 1.65 bits per heavy atom. The normalized spacial score (nSPS) is 16.0. The highest BCUT2D eigenvalue weighted by Gasteiger charge is 2.39. The topological polar surface area (TPSA) is 96.0 Å². The number of ether oxygens (including phenoxy) is 1. The zero-order chi connectivity index (χ0) is 24.4. The van der Waals surface area contributed by atoms with Crippen molar-refractivity contribution in [2.24, 2.45) is 0 Å². The molecule has 1 saturated heterocycles. The summed E-state index contributed by atoms with van der Waals surface area (Å²) in [5, 5.41) is 2.64. The van der Waals surface area contributed by atoms with E-state index in [9.17, 15) is 19.2 Å². The van der Waals surface area contributed by atoms with Gasteiger partial charge in [0.25, 0.3) is 17.7 Å². The highest BCUT2D eigenvalue weighted by molar-refractivity contribution is 6.53. The SMILES string of the molecule is CC(C)OC(=O)c1ccc(N2C(=O)C(Cl)=C(Nc3cccc(C(=O)N4CCCC4)c3)C2=O)cc1. The number of halogens is 1. The fraction of sp³-hybridized carbons (Fsp3) is 0.280. The van der Waals surface area contributed by atoms with Gasteiger partial charge >= 0.3 is 5.97 Å². The van der Waals surface area contributed by atoms with E-state index in [0.717, 1.165) is 30.8 Å². The van der Waals surface area contributed by atoms with Crippen LogP contribution in [0.15, 0.2) is 59.3 Å². The molecule has 176 valence electrons.